The molecule has 5 heteroatoms. The molecule has 0 aromatic heterocycles. The molecule has 0 atom stereocenters. The Bertz CT molecular complexity index is 115. The molecule has 140 valence electrons. The van der Waals surface area contributed by atoms with Gasteiger partial charge in [0, 0.05) is 0 Å². The predicted octanol–water partition coefficient (Wildman–Crippen LogP) is 1.40. The summed E-state index contributed by atoms with van der Waals surface area (Å²) in [5.41, 5.74) is 0. The van der Waals surface area contributed by atoms with E-state index in [0.717, 1.165) is 45.1 Å². The average Bonchev–Trinajstić information content (AvgIpc) is 2.56. The minimum absolute atomic E-state index is 0.0938. The molecule has 0 radical (unpaired) electrons. The Kier molecular flexibility index (Phi) is 59.2. The van der Waals surface area contributed by atoms with Crippen LogP contribution in [0.15, 0.2) is 0 Å². The molecular formula is C18H41NO3Sn. The Hall–Kier alpha value is 0.639. The molecule has 0 aliphatic carbocycles. The average molecular weight is 438 g/mol. The molecular weight excluding hydrogens is 397 g/mol. The van der Waals surface area contributed by atoms with Crippen LogP contribution in [-0.2, 0) is 0 Å². The van der Waals surface area contributed by atoms with Crippen LogP contribution in [0.4, 0.5) is 0 Å². The van der Waals surface area contributed by atoms with Gasteiger partial charge in [0.2, 0.25) is 0 Å². The van der Waals surface area contributed by atoms with Gasteiger partial charge in [0.1, 0.15) is 0 Å². The fourth-order valence-electron chi connectivity index (χ4n) is 0.985. The van der Waals surface area contributed by atoms with Crippen LogP contribution in [0.2, 0.25) is 4.44 Å². The van der Waals surface area contributed by atoms with Crippen molar-refractivity contribution in [2.75, 3.05) is 32.9 Å². The summed E-state index contributed by atoms with van der Waals surface area (Å²) < 4.78 is 1.41. The summed E-state index contributed by atoms with van der Waals surface area (Å²) in [7, 11) is 0. The molecule has 0 saturated carbocycles. The molecule has 0 saturated heterocycles. The quantitative estimate of drug-likeness (QED) is 0.391. The van der Waals surface area contributed by atoms with Gasteiger partial charge in [-0.25, -0.2) is 0 Å². The maximum atomic E-state index is 9.53. The summed E-state index contributed by atoms with van der Waals surface area (Å²) in [6, 6.07) is 0. The van der Waals surface area contributed by atoms with Crippen LogP contribution in [0, 0.1) is 0 Å². The Morgan fingerprint density at radius 3 is 1.22 bits per heavy atom. The molecule has 0 aliphatic heterocycles. The SMILES string of the molecule is CCCC[O-].CCCC[O-].CCCC[O-].CCNCCC[CH2][Sn+3]. The molecule has 0 unspecified atom stereocenters. The minimum atomic E-state index is 0.0938. The van der Waals surface area contributed by atoms with Crippen molar-refractivity contribution in [2.24, 2.45) is 0 Å². The Balaban J connectivity index is -0.000000108. The third-order valence-corrected chi connectivity index (χ3v) is 3.53. The van der Waals surface area contributed by atoms with Crippen LogP contribution in [0.1, 0.15) is 79.1 Å². The summed E-state index contributed by atoms with van der Waals surface area (Å²) in [5, 5.41) is 31.9. The van der Waals surface area contributed by atoms with Crippen LogP contribution in [0.5, 0.6) is 0 Å². The second-order valence-electron chi connectivity index (χ2n) is 4.98. The third-order valence-electron chi connectivity index (χ3n) is 2.52. The summed E-state index contributed by atoms with van der Waals surface area (Å²) in [4.78, 5) is 0. The zero-order valence-electron chi connectivity index (χ0n) is 16.1. The van der Waals surface area contributed by atoms with E-state index in [-0.39, 0.29) is 19.8 Å². The van der Waals surface area contributed by atoms with Gasteiger partial charge < -0.3 is 15.3 Å². The number of rotatable bonds is 11. The molecule has 0 aromatic carbocycles. The summed E-state index contributed by atoms with van der Waals surface area (Å²) >= 11 is 1.68. The second kappa shape index (κ2) is 43.3. The molecule has 0 rings (SSSR count). The van der Waals surface area contributed by atoms with E-state index < -0.39 is 0 Å². The second-order valence-corrected chi connectivity index (χ2v) is 6.41. The van der Waals surface area contributed by atoms with E-state index in [2.05, 4.69) is 12.2 Å². The Labute approximate surface area is 159 Å². The topological polar surface area (TPSA) is 81.2 Å². The van der Waals surface area contributed by atoms with Gasteiger partial charge in [-0.2, -0.15) is 0 Å². The van der Waals surface area contributed by atoms with Gasteiger partial charge in [-0.15, -0.1) is 19.8 Å². The van der Waals surface area contributed by atoms with Gasteiger partial charge in [0.05, 0.1) is 0 Å². The van der Waals surface area contributed by atoms with Crippen molar-refractivity contribution in [1.82, 2.24) is 5.32 Å². The van der Waals surface area contributed by atoms with E-state index in [1.54, 1.807) is 22.5 Å². The summed E-state index contributed by atoms with van der Waals surface area (Å²) in [6.07, 6.45) is 8.36. The third kappa shape index (κ3) is 71.2. The summed E-state index contributed by atoms with van der Waals surface area (Å²) in [5.74, 6) is 0. The first kappa shape index (κ1) is 31.4. The van der Waals surface area contributed by atoms with Crippen molar-refractivity contribution in [2.45, 2.75) is 83.5 Å². The Morgan fingerprint density at radius 2 is 1.04 bits per heavy atom. The van der Waals surface area contributed by atoms with Crippen molar-refractivity contribution in [3.8, 4) is 0 Å². The fourth-order valence-corrected chi connectivity index (χ4v) is 1.70. The van der Waals surface area contributed by atoms with E-state index in [1.165, 1.54) is 23.8 Å². The van der Waals surface area contributed by atoms with Crippen LogP contribution in [0.3, 0.4) is 0 Å². The molecule has 4 nitrogen and oxygen atoms in total. The zero-order valence-corrected chi connectivity index (χ0v) is 19.0. The predicted molar refractivity (Wildman–Crippen MR) is 97.7 cm³/mol. The van der Waals surface area contributed by atoms with Crippen LogP contribution < -0.4 is 20.6 Å². The zero-order chi connectivity index (χ0) is 18.6. The maximum absolute atomic E-state index is 9.53. The van der Waals surface area contributed by atoms with Gasteiger partial charge >= 0.3 is 65.1 Å². The summed E-state index contributed by atoms with van der Waals surface area (Å²) in [6.45, 7) is 10.8. The van der Waals surface area contributed by atoms with E-state index in [4.69, 9.17) is 0 Å². The van der Waals surface area contributed by atoms with Crippen molar-refractivity contribution in [1.29, 1.82) is 0 Å². The van der Waals surface area contributed by atoms with Gasteiger partial charge in [-0.3, -0.25) is 0 Å². The van der Waals surface area contributed by atoms with Gasteiger partial charge in [0.25, 0.3) is 0 Å². The van der Waals surface area contributed by atoms with Gasteiger partial charge in [-0.1, -0.05) is 59.3 Å². The fraction of sp³-hybridized carbons (Fsp3) is 1.00. The van der Waals surface area contributed by atoms with E-state index in [1.807, 2.05) is 20.8 Å². The van der Waals surface area contributed by atoms with Crippen molar-refractivity contribution < 1.29 is 15.3 Å². The van der Waals surface area contributed by atoms with Gasteiger partial charge in [0.15, 0.2) is 0 Å². The molecule has 0 fully saturated rings. The number of nitrogens with one attached hydrogen (secondary N) is 1. The monoisotopic (exact) mass is 439 g/mol. The number of unbranched alkanes of at least 4 members (excludes halogenated alkanes) is 4. The standard InChI is InChI=1S/C6H14N.3C4H9O.Sn/c1-3-5-6-7-4-2;3*1-2-3-4-5;/h7H,1,3-6H2,2H3;3*2-4H2,1H3;/q;3*-1;+3. The molecule has 0 spiro atoms. The molecule has 0 heterocycles. The van der Waals surface area contributed by atoms with Crippen molar-refractivity contribution >= 4 is 22.5 Å². The van der Waals surface area contributed by atoms with Crippen LogP contribution >= 0.6 is 0 Å². The molecule has 0 amide bonds. The normalized spacial score (nSPS) is 8.91. The van der Waals surface area contributed by atoms with E-state index in [0.29, 0.717) is 0 Å². The van der Waals surface area contributed by atoms with Gasteiger partial charge in [-0.05, 0) is 0 Å². The van der Waals surface area contributed by atoms with E-state index in [9.17, 15) is 15.3 Å². The van der Waals surface area contributed by atoms with Crippen LogP contribution in [-0.4, -0.2) is 55.4 Å². The molecule has 0 aliphatic rings. The molecule has 1 N–H and O–H groups in total. The molecule has 0 bridgehead atoms. The van der Waals surface area contributed by atoms with E-state index >= 15 is 0 Å². The van der Waals surface area contributed by atoms with Crippen molar-refractivity contribution in [3.05, 3.63) is 0 Å². The number of hydrogen-bond acceptors (Lipinski definition) is 4. The molecule has 23 heavy (non-hydrogen) atoms. The first-order chi connectivity index (χ1) is 11.2. The first-order valence-corrected chi connectivity index (χ1v) is 11.3. The van der Waals surface area contributed by atoms with Crippen molar-refractivity contribution in [3.63, 3.8) is 0 Å². The van der Waals surface area contributed by atoms with Crippen LogP contribution in [0.25, 0.3) is 0 Å². The Morgan fingerprint density at radius 1 is 0.652 bits per heavy atom. The molecule has 0 aromatic rings. The first-order valence-electron chi connectivity index (χ1n) is 9.26. The number of hydrogen-bond donors (Lipinski definition) is 1.